The smallest absolute Gasteiger partial charge is 0.130 e. The average Bonchev–Trinajstić information content (AvgIpc) is 2.71. The summed E-state index contributed by atoms with van der Waals surface area (Å²) in [5, 5.41) is 9.84. The van der Waals surface area contributed by atoms with Crippen LogP contribution in [0.2, 0.25) is 0 Å². The lowest BCUT2D eigenvalue weighted by Gasteiger charge is -2.11. The normalized spacial score (nSPS) is 17.3. The fraction of sp³-hybridized carbons (Fsp3) is 0.250. The van der Waals surface area contributed by atoms with E-state index in [1.54, 1.807) is 6.07 Å². The van der Waals surface area contributed by atoms with Crippen LogP contribution in [0.3, 0.4) is 0 Å². The van der Waals surface area contributed by atoms with Gasteiger partial charge in [0, 0.05) is 11.6 Å². The van der Waals surface area contributed by atoms with Crippen LogP contribution in [0.5, 0.6) is 11.5 Å². The van der Waals surface area contributed by atoms with Crippen molar-refractivity contribution in [2.24, 2.45) is 0 Å². The summed E-state index contributed by atoms with van der Waals surface area (Å²) < 4.78 is 19.1. The predicted molar refractivity (Wildman–Crippen MR) is 70.9 cm³/mol. The summed E-state index contributed by atoms with van der Waals surface area (Å²) in [4.78, 5) is 0. The van der Waals surface area contributed by atoms with E-state index in [0.717, 1.165) is 29.5 Å². The third kappa shape index (κ3) is 2.34. The number of aliphatic hydroxyl groups is 1. The predicted octanol–water partition coefficient (Wildman–Crippen LogP) is 3.91. The summed E-state index contributed by atoms with van der Waals surface area (Å²) in [7, 11) is 0. The summed E-state index contributed by atoms with van der Waals surface area (Å²) in [5.74, 6) is 0.897. The van der Waals surface area contributed by atoms with E-state index in [2.05, 4.69) is 0 Å². The highest BCUT2D eigenvalue weighted by molar-refractivity contribution is 5.46. The zero-order valence-electron chi connectivity index (χ0n) is 10.7. The van der Waals surface area contributed by atoms with E-state index in [1.807, 2.05) is 25.1 Å². The van der Waals surface area contributed by atoms with E-state index in [-0.39, 0.29) is 5.82 Å². The van der Waals surface area contributed by atoms with Crippen molar-refractivity contribution in [2.75, 3.05) is 0 Å². The SMILES string of the molecule is Cc1cc(F)cc(Oc2cccc3c2CCC3O)c1. The van der Waals surface area contributed by atoms with Gasteiger partial charge in [0.15, 0.2) is 0 Å². The van der Waals surface area contributed by atoms with Gasteiger partial charge in [-0.15, -0.1) is 0 Å². The van der Waals surface area contributed by atoms with Gasteiger partial charge in [-0.25, -0.2) is 4.39 Å². The van der Waals surface area contributed by atoms with Gasteiger partial charge in [0.25, 0.3) is 0 Å². The lowest BCUT2D eigenvalue weighted by atomic mass is 10.1. The Morgan fingerprint density at radius 3 is 2.89 bits per heavy atom. The number of halogens is 1. The molecule has 0 bridgehead atoms. The average molecular weight is 258 g/mol. The second-order valence-corrected chi connectivity index (χ2v) is 4.94. The van der Waals surface area contributed by atoms with Crippen LogP contribution in [0, 0.1) is 12.7 Å². The van der Waals surface area contributed by atoms with Crippen LogP contribution in [0.25, 0.3) is 0 Å². The first-order chi connectivity index (χ1) is 9.13. The van der Waals surface area contributed by atoms with Crippen molar-refractivity contribution in [3.63, 3.8) is 0 Å². The zero-order valence-corrected chi connectivity index (χ0v) is 10.7. The molecule has 3 rings (SSSR count). The lowest BCUT2D eigenvalue weighted by molar-refractivity contribution is 0.180. The van der Waals surface area contributed by atoms with Crippen molar-refractivity contribution in [3.8, 4) is 11.5 Å². The third-order valence-corrected chi connectivity index (χ3v) is 3.44. The molecule has 0 fully saturated rings. The summed E-state index contributed by atoms with van der Waals surface area (Å²) in [6.07, 6.45) is 1.10. The minimum absolute atomic E-state index is 0.303. The summed E-state index contributed by atoms with van der Waals surface area (Å²) in [5.41, 5.74) is 2.77. The molecular weight excluding hydrogens is 243 g/mol. The maximum absolute atomic E-state index is 13.3. The van der Waals surface area contributed by atoms with Crippen molar-refractivity contribution >= 4 is 0 Å². The largest absolute Gasteiger partial charge is 0.457 e. The molecule has 0 saturated heterocycles. The number of rotatable bonds is 2. The molecule has 1 aliphatic rings. The van der Waals surface area contributed by atoms with Gasteiger partial charge >= 0.3 is 0 Å². The van der Waals surface area contributed by atoms with Crippen LogP contribution in [0.1, 0.15) is 29.2 Å². The topological polar surface area (TPSA) is 29.5 Å². The Labute approximate surface area is 111 Å². The van der Waals surface area contributed by atoms with E-state index >= 15 is 0 Å². The van der Waals surface area contributed by atoms with Crippen molar-refractivity contribution in [1.82, 2.24) is 0 Å². The Morgan fingerprint density at radius 2 is 2.11 bits per heavy atom. The van der Waals surface area contributed by atoms with Crippen molar-refractivity contribution in [1.29, 1.82) is 0 Å². The molecule has 1 aliphatic carbocycles. The third-order valence-electron chi connectivity index (χ3n) is 3.44. The van der Waals surface area contributed by atoms with Crippen LogP contribution in [-0.2, 0) is 6.42 Å². The molecule has 98 valence electrons. The van der Waals surface area contributed by atoms with Crippen LogP contribution in [-0.4, -0.2) is 5.11 Å². The maximum Gasteiger partial charge on any atom is 0.130 e. The lowest BCUT2D eigenvalue weighted by Crippen LogP contribution is -1.93. The highest BCUT2D eigenvalue weighted by Crippen LogP contribution is 2.38. The molecule has 2 nitrogen and oxygen atoms in total. The molecule has 0 aromatic heterocycles. The van der Waals surface area contributed by atoms with Gasteiger partial charge < -0.3 is 9.84 Å². The molecule has 19 heavy (non-hydrogen) atoms. The van der Waals surface area contributed by atoms with Crippen LogP contribution in [0.15, 0.2) is 36.4 Å². The van der Waals surface area contributed by atoms with Crippen molar-refractivity contribution in [2.45, 2.75) is 25.9 Å². The fourth-order valence-electron chi connectivity index (χ4n) is 2.58. The van der Waals surface area contributed by atoms with Crippen LogP contribution < -0.4 is 4.74 Å². The Balaban J connectivity index is 1.96. The molecular formula is C16H15FO2. The summed E-state index contributed by atoms with van der Waals surface area (Å²) >= 11 is 0. The first-order valence-corrected chi connectivity index (χ1v) is 6.38. The molecule has 0 heterocycles. The van der Waals surface area contributed by atoms with Gasteiger partial charge in [0.2, 0.25) is 0 Å². The molecule has 2 aromatic carbocycles. The molecule has 1 N–H and O–H groups in total. The molecule has 1 unspecified atom stereocenters. The molecule has 0 spiro atoms. The Hall–Kier alpha value is -1.87. The summed E-state index contributed by atoms with van der Waals surface area (Å²) in [6.45, 7) is 1.83. The maximum atomic E-state index is 13.3. The second kappa shape index (κ2) is 4.67. The van der Waals surface area contributed by atoms with Gasteiger partial charge in [-0.1, -0.05) is 12.1 Å². The number of benzene rings is 2. The van der Waals surface area contributed by atoms with Crippen LogP contribution in [0.4, 0.5) is 4.39 Å². The Kier molecular flexibility index (Phi) is 2.99. The first kappa shape index (κ1) is 12.2. The second-order valence-electron chi connectivity index (χ2n) is 4.94. The van der Waals surface area contributed by atoms with Gasteiger partial charge in [0.05, 0.1) is 6.10 Å². The van der Waals surface area contributed by atoms with E-state index in [4.69, 9.17) is 4.74 Å². The van der Waals surface area contributed by atoms with Crippen LogP contribution >= 0.6 is 0 Å². The fourth-order valence-corrected chi connectivity index (χ4v) is 2.58. The minimum Gasteiger partial charge on any atom is -0.457 e. The summed E-state index contributed by atoms with van der Waals surface area (Å²) in [6, 6.07) is 10.3. The molecule has 2 aromatic rings. The van der Waals surface area contributed by atoms with Crippen molar-refractivity contribution in [3.05, 3.63) is 58.9 Å². The Bertz CT molecular complexity index is 602. The van der Waals surface area contributed by atoms with Gasteiger partial charge in [-0.05, 0) is 49.1 Å². The van der Waals surface area contributed by atoms with E-state index in [0.29, 0.717) is 11.5 Å². The number of hydrogen-bond donors (Lipinski definition) is 1. The van der Waals surface area contributed by atoms with Gasteiger partial charge in [0.1, 0.15) is 17.3 Å². The molecule has 0 amide bonds. The van der Waals surface area contributed by atoms with Gasteiger partial charge in [-0.2, -0.15) is 0 Å². The zero-order chi connectivity index (χ0) is 13.4. The number of fused-ring (bicyclic) bond motifs is 1. The molecule has 0 radical (unpaired) electrons. The van der Waals surface area contributed by atoms with Crippen molar-refractivity contribution < 1.29 is 14.2 Å². The number of aliphatic hydroxyl groups excluding tert-OH is 1. The number of hydrogen-bond acceptors (Lipinski definition) is 2. The highest BCUT2D eigenvalue weighted by Gasteiger charge is 2.23. The number of ether oxygens (including phenoxy) is 1. The van der Waals surface area contributed by atoms with E-state index in [1.165, 1.54) is 12.1 Å². The Morgan fingerprint density at radius 1 is 1.26 bits per heavy atom. The first-order valence-electron chi connectivity index (χ1n) is 6.38. The van der Waals surface area contributed by atoms with E-state index < -0.39 is 6.10 Å². The molecule has 1 atom stereocenters. The molecule has 0 aliphatic heterocycles. The van der Waals surface area contributed by atoms with Gasteiger partial charge in [-0.3, -0.25) is 0 Å². The van der Waals surface area contributed by atoms with E-state index in [9.17, 15) is 9.50 Å². The standard InChI is InChI=1S/C16H15FO2/c1-10-7-11(17)9-12(8-10)19-16-4-2-3-13-14(16)5-6-15(13)18/h2-4,7-9,15,18H,5-6H2,1H3. The molecule has 3 heteroatoms. The highest BCUT2D eigenvalue weighted by atomic mass is 19.1. The quantitative estimate of drug-likeness (QED) is 0.885. The minimum atomic E-state index is -0.409. The number of aryl methyl sites for hydroxylation is 1. The molecule has 0 saturated carbocycles. The monoisotopic (exact) mass is 258 g/mol.